The van der Waals surface area contributed by atoms with Crippen molar-refractivity contribution in [3.8, 4) is 0 Å². The fraction of sp³-hybridized carbons (Fsp3) is 0.714. The molecule has 3 atom stereocenters. The van der Waals surface area contributed by atoms with Crippen LogP contribution in [0.5, 0.6) is 0 Å². The summed E-state index contributed by atoms with van der Waals surface area (Å²) in [5.41, 5.74) is 0.0745. The average Bonchev–Trinajstić information content (AvgIpc) is 2.82. The molecule has 1 aromatic rings. The van der Waals surface area contributed by atoms with Gasteiger partial charge in [0, 0.05) is 23.6 Å². The molecule has 0 aromatic carbocycles. The first-order valence-corrected chi connectivity index (χ1v) is 7.44. The van der Waals surface area contributed by atoms with E-state index in [4.69, 9.17) is 4.74 Å². The summed E-state index contributed by atoms with van der Waals surface area (Å²) < 4.78 is 5.88. The second kappa shape index (κ2) is 5.51. The quantitative estimate of drug-likeness (QED) is 0.882. The van der Waals surface area contributed by atoms with E-state index in [0.29, 0.717) is 12.1 Å². The average molecular weight is 253 g/mol. The normalized spacial score (nSPS) is 31.4. The molecule has 1 fully saturated rings. The van der Waals surface area contributed by atoms with Gasteiger partial charge in [-0.15, -0.1) is 11.3 Å². The zero-order valence-electron chi connectivity index (χ0n) is 11.0. The highest BCUT2D eigenvalue weighted by Crippen LogP contribution is 2.29. The van der Waals surface area contributed by atoms with E-state index in [1.165, 1.54) is 4.88 Å². The van der Waals surface area contributed by atoms with Crippen LogP contribution in [0.15, 0.2) is 17.5 Å². The Hall–Kier alpha value is -0.380. The Morgan fingerprint density at radius 2 is 2.47 bits per heavy atom. The molecule has 0 saturated carbocycles. The Kier molecular flexibility index (Phi) is 4.23. The van der Waals surface area contributed by atoms with E-state index in [1.54, 1.807) is 0 Å². The Labute approximate surface area is 108 Å². The molecule has 2 rings (SSSR count). The summed E-state index contributed by atoms with van der Waals surface area (Å²) in [6, 6.07) is 5.38. The highest BCUT2D eigenvalue weighted by molar-refractivity contribution is 7.10. The van der Waals surface area contributed by atoms with Gasteiger partial charge in [0.05, 0.1) is 5.60 Å². The summed E-state index contributed by atoms with van der Waals surface area (Å²) in [7, 11) is 0. The van der Waals surface area contributed by atoms with E-state index in [0.717, 1.165) is 25.9 Å². The molecular weight excluding hydrogens is 230 g/mol. The van der Waals surface area contributed by atoms with Crippen molar-refractivity contribution in [2.75, 3.05) is 6.61 Å². The minimum Gasteiger partial charge on any atom is -0.375 e. The number of hydrogen-bond donors (Lipinski definition) is 1. The summed E-state index contributed by atoms with van der Waals surface area (Å²) in [4.78, 5) is 1.43. The molecule has 1 N–H and O–H groups in total. The number of hydrogen-bond acceptors (Lipinski definition) is 3. The first-order valence-electron chi connectivity index (χ1n) is 6.56. The van der Waals surface area contributed by atoms with Crippen molar-refractivity contribution < 1.29 is 4.74 Å². The van der Waals surface area contributed by atoms with E-state index < -0.39 is 0 Å². The van der Waals surface area contributed by atoms with Crippen LogP contribution >= 0.6 is 11.3 Å². The molecule has 1 aromatic heterocycles. The number of thiophene rings is 1. The minimum absolute atomic E-state index is 0.0745. The second-order valence-corrected chi connectivity index (χ2v) is 6.22. The lowest BCUT2D eigenvalue weighted by Gasteiger charge is -2.39. The van der Waals surface area contributed by atoms with Gasteiger partial charge in [-0.3, -0.25) is 0 Å². The fourth-order valence-corrected chi connectivity index (χ4v) is 3.24. The third-order valence-corrected chi connectivity index (χ3v) is 4.85. The largest absolute Gasteiger partial charge is 0.375 e. The summed E-state index contributed by atoms with van der Waals surface area (Å²) >= 11 is 1.83. The maximum Gasteiger partial charge on any atom is 0.0666 e. The lowest BCUT2D eigenvalue weighted by Crippen LogP contribution is -2.45. The predicted octanol–water partition coefficient (Wildman–Crippen LogP) is 3.75. The van der Waals surface area contributed by atoms with Gasteiger partial charge in [-0.25, -0.2) is 0 Å². The van der Waals surface area contributed by atoms with Crippen LogP contribution in [-0.2, 0) is 4.74 Å². The van der Waals surface area contributed by atoms with Crippen LogP contribution < -0.4 is 5.32 Å². The number of nitrogens with one attached hydrogen (secondary N) is 1. The van der Waals surface area contributed by atoms with Crippen molar-refractivity contribution in [2.24, 2.45) is 0 Å². The molecule has 0 amide bonds. The van der Waals surface area contributed by atoms with Crippen molar-refractivity contribution in [2.45, 2.75) is 57.7 Å². The molecule has 96 valence electrons. The molecular formula is C14H23NOS. The first-order chi connectivity index (χ1) is 8.13. The number of ether oxygens (including phenoxy) is 1. The van der Waals surface area contributed by atoms with Crippen molar-refractivity contribution in [3.05, 3.63) is 22.4 Å². The molecule has 1 aliphatic heterocycles. The van der Waals surface area contributed by atoms with Crippen LogP contribution in [0.25, 0.3) is 0 Å². The second-order valence-electron chi connectivity index (χ2n) is 5.25. The summed E-state index contributed by atoms with van der Waals surface area (Å²) in [5.74, 6) is 0. The van der Waals surface area contributed by atoms with Crippen molar-refractivity contribution in [3.63, 3.8) is 0 Å². The molecule has 2 heterocycles. The fourth-order valence-electron chi connectivity index (χ4n) is 2.49. The SMILES string of the molecule is CCC1(C)CC(N[C@@H](C)c2cccs2)CCO1. The van der Waals surface area contributed by atoms with Gasteiger partial charge in [-0.05, 0) is 44.6 Å². The van der Waals surface area contributed by atoms with E-state index >= 15 is 0 Å². The Morgan fingerprint density at radius 1 is 1.65 bits per heavy atom. The van der Waals surface area contributed by atoms with Crippen molar-refractivity contribution in [1.29, 1.82) is 0 Å². The smallest absolute Gasteiger partial charge is 0.0666 e. The standard InChI is InChI=1S/C14H23NOS/c1-4-14(3)10-12(7-8-16-14)15-11(2)13-6-5-9-17-13/h5-6,9,11-12,15H,4,7-8,10H2,1-3H3/t11-,12?,14?/m0/s1. The van der Waals surface area contributed by atoms with Gasteiger partial charge in [-0.1, -0.05) is 13.0 Å². The highest BCUT2D eigenvalue weighted by atomic mass is 32.1. The van der Waals surface area contributed by atoms with E-state index in [1.807, 2.05) is 11.3 Å². The summed E-state index contributed by atoms with van der Waals surface area (Å²) in [5, 5.41) is 5.89. The third kappa shape index (κ3) is 3.30. The van der Waals surface area contributed by atoms with Gasteiger partial charge in [0.2, 0.25) is 0 Å². The highest BCUT2D eigenvalue weighted by Gasteiger charge is 2.32. The maximum absolute atomic E-state index is 5.88. The molecule has 0 aliphatic carbocycles. The lowest BCUT2D eigenvalue weighted by molar-refractivity contribution is -0.0789. The van der Waals surface area contributed by atoms with Gasteiger partial charge in [0.15, 0.2) is 0 Å². The zero-order valence-corrected chi connectivity index (χ0v) is 11.8. The van der Waals surface area contributed by atoms with Crippen LogP contribution in [0.2, 0.25) is 0 Å². The molecule has 0 spiro atoms. The Bertz CT molecular complexity index is 338. The molecule has 1 saturated heterocycles. The zero-order chi connectivity index (χ0) is 12.3. The van der Waals surface area contributed by atoms with Gasteiger partial charge in [0.1, 0.15) is 0 Å². The van der Waals surface area contributed by atoms with E-state index in [-0.39, 0.29) is 5.60 Å². The Balaban J connectivity index is 1.91. The van der Waals surface area contributed by atoms with Crippen molar-refractivity contribution >= 4 is 11.3 Å². The van der Waals surface area contributed by atoms with Crippen LogP contribution in [0.1, 0.15) is 51.0 Å². The van der Waals surface area contributed by atoms with Crippen LogP contribution in [0.4, 0.5) is 0 Å². The van der Waals surface area contributed by atoms with E-state index in [9.17, 15) is 0 Å². The van der Waals surface area contributed by atoms with Gasteiger partial charge in [0.25, 0.3) is 0 Å². The number of rotatable bonds is 4. The topological polar surface area (TPSA) is 21.3 Å². The molecule has 1 aliphatic rings. The van der Waals surface area contributed by atoms with Gasteiger partial charge >= 0.3 is 0 Å². The minimum atomic E-state index is 0.0745. The van der Waals surface area contributed by atoms with Gasteiger partial charge < -0.3 is 10.1 Å². The maximum atomic E-state index is 5.88. The van der Waals surface area contributed by atoms with Crippen LogP contribution in [-0.4, -0.2) is 18.2 Å². The summed E-state index contributed by atoms with van der Waals surface area (Å²) in [6.45, 7) is 7.59. The lowest BCUT2D eigenvalue weighted by atomic mass is 9.89. The molecule has 0 radical (unpaired) electrons. The van der Waals surface area contributed by atoms with E-state index in [2.05, 4.69) is 43.6 Å². The van der Waals surface area contributed by atoms with Crippen LogP contribution in [0, 0.1) is 0 Å². The van der Waals surface area contributed by atoms with Gasteiger partial charge in [-0.2, -0.15) is 0 Å². The predicted molar refractivity (Wildman–Crippen MR) is 73.5 cm³/mol. The first kappa shape index (κ1) is 13.1. The molecule has 3 heteroatoms. The molecule has 2 unspecified atom stereocenters. The monoisotopic (exact) mass is 253 g/mol. The molecule has 2 nitrogen and oxygen atoms in total. The molecule has 0 bridgehead atoms. The van der Waals surface area contributed by atoms with Crippen LogP contribution in [0.3, 0.4) is 0 Å². The third-order valence-electron chi connectivity index (χ3n) is 3.80. The Morgan fingerprint density at radius 3 is 3.12 bits per heavy atom. The molecule has 17 heavy (non-hydrogen) atoms. The van der Waals surface area contributed by atoms with Crippen molar-refractivity contribution in [1.82, 2.24) is 5.32 Å². The summed E-state index contributed by atoms with van der Waals surface area (Å²) in [6.07, 6.45) is 3.35.